The smallest absolute Gasteiger partial charge is 0.327 e. The molecule has 2 aromatic carbocycles. The molecule has 154 valence electrons. The Morgan fingerprint density at radius 3 is 2.43 bits per heavy atom. The molecule has 0 saturated heterocycles. The van der Waals surface area contributed by atoms with Crippen molar-refractivity contribution >= 4 is 33.7 Å². The van der Waals surface area contributed by atoms with E-state index in [-0.39, 0.29) is 17.1 Å². The SMILES string of the molecule is COc1cccc(F)c1C(=O)NC(=O)Nc1cc(C)c(-c2ccc(Br)cc2)c(C)n1. The molecule has 1 aromatic heterocycles. The van der Waals surface area contributed by atoms with Gasteiger partial charge in [-0.1, -0.05) is 34.1 Å². The van der Waals surface area contributed by atoms with E-state index in [9.17, 15) is 14.0 Å². The number of anilines is 1. The first-order valence-corrected chi connectivity index (χ1v) is 9.78. The van der Waals surface area contributed by atoms with Gasteiger partial charge in [0, 0.05) is 15.7 Å². The number of carbonyl (C=O) groups excluding carboxylic acids is 2. The minimum absolute atomic E-state index is 0.0314. The molecule has 0 bridgehead atoms. The highest BCUT2D eigenvalue weighted by Crippen LogP contribution is 2.29. The van der Waals surface area contributed by atoms with Gasteiger partial charge in [0.15, 0.2) is 0 Å². The van der Waals surface area contributed by atoms with Crippen molar-refractivity contribution in [3.05, 3.63) is 75.6 Å². The molecule has 30 heavy (non-hydrogen) atoms. The summed E-state index contributed by atoms with van der Waals surface area (Å²) in [7, 11) is 1.31. The highest BCUT2D eigenvalue weighted by atomic mass is 79.9. The number of nitrogens with one attached hydrogen (secondary N) is 2. The Labute approximate surface area is 181 Å². The Kier molecular flexibility index (Phi) is 6.47. The summed E-state index contributed by atoms with van der Waals surface area (Å²) in [4.78, 5) is 29.0. The van der Waals surface area contributed by atoms with Crippen LogP contribution in [0.5, 0.6) is 5.75 Å². The van der Waals surface area contributed by atoms with Gasteiger partial charge in [0.2, 0.25) is 0 Å². The second-order valence-electron chi connectivity index (χ2n) is 6.52. The molecule has 3 amide bonds. The van der Waals surface area contributed by atoms with Gasteiger partial charge < -0.3 is 4.74 Å². The summed E-state index contributed by atoms with van der Waals surface area (Å²) in [5.41, 5.74) is 3.23. The Morgan fingerprint density at radius 1 is 1.10 bits per heavy atom. The Balaban J connectivity index is 1.78. The zero-order chi connectivity index (χ0) is 21.8. The lowest BCUT2D eigenvalue weighted by Crippen LogP contribution is -2.35. The number of benzene rings is 2. The molecule has 0 radical (unpaired) electrons. The molecule has 0 saturated carbocycles. The van der Waals surface area contributed by atoms with Crippen molar-refractivity contribution in [3.8, 4) is 16.9 Å². The van der Waals surface area contributed by atoms with Crippen LogP contribution in [0.25, 0.3) is 11.1 Å². The van der Waals surface area contributed by atoms with Crippen molar-refractivity contribution in [3.63, 3.8) is 0 Å². The quantitative estimate of drug-likeness (QED) is 0.545. The molecule has 0 aliphatic heterocycles. The number of nitrogens with zero attached hydrogens (tertiary/aromatic N) is 1. The number of imide groups is 1. The monoisotopic (exact) mass is 471 g/mol. The molecule has 0 atom stereocenters. The van der Waals surface area contributed by atoms with Gasteiger partial charge >= 0.3 is 6.03 Å². The third kappa shape index (κ3) is 4.65. The Bertz CT molecular complexity index is 1090. The number of amides is 3. The van der Waals surface area contributed by atoms with E-state index in [0.717, 1.165) is 32.9 Å². The molecule has 3 rings (SSSR count). The summed E-state index contributed by atoms with van der Waals surface area (Å²) in [6, 6.07) is 12.7. The first-order chi connectivity index (χ1) is 14.3. The van der Waals surface area contributed by atoms with Gasteiger partial charge in [0.25, 0.3) is 5.91 Å². The molecule has 6 nitrogen and oxygen atoms in total. The van der Waals surface area contributed by atoms with E-state index in [0.29, 0.717) is 0 Å². The van der Waals surface area contributed by atoms with Gasteiger partial charge in [-0.2, -0.15) is 0 Å². The molecule has 1 heterocycles. The largest absolute Gasteiger partial charge is 0.496 e. The fourth-order valence-corrected chi connectivity index (χ4v) is 3.42. The molecule has 0 spiro atoms. The van der Waals surface area contributed by atoms with E-state index >= 15 is 0 Å². The van der Waals surface area contributed by atoms with Gasteiger partial charge in [-0.15, -0.1) is 0 Å². The molecule has 0 aliphatic carbocycles. The summed E-state index contributed by atoms with van der Waals surface area (Å²) >= 11 is 3.41. The third-order valence-electron chi connectivity index (χ3n) is 4.42. The van der Waals surface area contributed by atoms with Crippen LogP contribution in [0.2, 0.25) is 0 Å². The summed E-state index contributed by atoms with van der Waals surface area (Å²) in [6.07, 6.45) is 0. The number of hydrogen-bond acceptors (Lipinski definition) is 4. The number of methoxy groups -OCH3 is 1. The molecular weight excluding hydrogens is 453 g/mol. The second kappa shape index (κ2) is 9.04. The van der Waals surface area contributed by atoms with Crippen molar-refractivity contribution < 1.29 is 18.7 Å². The van der Waals surface area contributed by atoms with Gasteiger partial charge in [-0.3, -0.25) is 15.4 Å². The number of halogens is 2. The minimum Gasteiger partial charge on any atom is -0.496 e. The maximum absolute atomic E-state index is 14.0. The Morgan fingerprint density at radius 2 is 1.80 bits per heavy atom. The Hall–Kier alpha value is -3.26. The number of rotatable bonds is 4. The van der Waals surface area contributed by atoms with Crippen LogP contribution in [0.1, 0.15) is 21.6 Å². The lowest BCUT2D eigenvalue weighted by atomic mass is 9.99. The van der Waals surface area contributed by atoms with Crippen LogP contribution in [0.4, 0.5) is 15.0 Å². The predicted octanol–water partition coefficient (Wildman–Crippen LogP) is 5.24. The van der Waals surface area contributed by atoms with Crippen LogP contribution in [0, 0.1) is 19.7 Å². The maximum atomic E-state index is 14.0. The number of aryl methyl sites for hydroxylation is 2. The number of ether oxygens (including phenoxy) is 1. The molecule has 0 fully saturated rings. The summed E-state index contributed by atoms with van der Waals surface area (Å²) < 4.78 is 20.0. The molecule has 0 unspecified atom stereocenters. The average molecular weight is 472 g/mol. The summed E-state index contributed by atoms with van der Waals surface area (Å²) in [6.45, 7) is 3.74. The van der Waals surface area contributed by atoms with Crippen LogP contribution >= 0.6 is 15.9 Å². The molecule has 3 aromatic rings. The normalized spacial score (nSPS) is 10.4. The first-order valence-electron chi connectivity index (χ1n) is 8.99. The van der Waals surface area contributed by atoms with E-state index in [1.165, 1.54) is 19.2 Å². The number of pyridine rings is 1. The summed E-state index contributed by atoms with van der Waals surface area (Å²) in [5, 5.41) is 4.61. The van der Waals surface area contributed by atoms with Crippen LogP contribution in [-0.2, 0) is 0 Å². The van der Waals surface area contributed by atoms with Crippen LogP contribution in [-0.4, -0.2) is 24.0 Å². The second-order valence-corrected chi connectivity index (χ2v) is 7.43. The van der Waals surface area contributed by atoms with Gasteiger partial charge in [-0.25, -0.2) is 14.2 Å². The standard InChI is InChI=1S/C22H19BrFN3O3/c1-12-11-18(25-13(2)19(12)14-7-9-15(23)10-8-14)26-22(29)27-21(28)20-16(24)5-4-6-17(20)30-3/h4-11H,1-3H3,(H2,25,26,27,28,29). The fraction of sp³-hybridized carbons (Fsp3) is 0.136. The lowest BCUT2D eigenvalue weighted by molar-refractivity contribution is 0.0960. The van der Waals surface area contributed by atoms with Crippen LogP contribution in [0.3, 0.4) is 0 Å². The lowest BCUT2D eigenvalue weighted by Gasteiger charge is -2.13. The third-order valence-corrected chi connectivity index (χ3v) is 4.95. The van der Waals surface area contributed by atoms with E-state index < -0.39 is 17.8 Å². The average Bonchev–Trinajstić information content (AvgIpc) is 2.68. The van der Waals surface area contributed by atoms with Crippen molar-refractivity contribution in [2.75, 3.05) is 12.4 Å². The highest BCUT2D eigenvalue weighted by molar-refractivity contribution is 9.10. The number of urea groups is 1. The topological polar surface area (TPSA) is 80.3 Å². The molecule has 2 N–H and O–H groups in total. The van der Waals surface area contributed by atoms with E-state index in [4.69, 9.17) is 4.74 Å². The van der Waals surface area contributed by atoms with Crippen molar-refractivity contribution in [2.24, 2.45) is 0 Å². The van der Waals surface area contributed by atoms with Crippen molar-refractivity contribution in [1.82, 2.24) is 10.3 Å². The summed E-state index contributed by atoms with van der Waals surface area (Å²) in [5.74, 6) is -1.40. The highest BCUT2D eigenvalue weighted by Gasteiger charge is 2.20. The zero-order valence-electron chi connectivity index (χ0n) is 16.5. The van der Waals surface area contributed by atoms with E-state index in [1.807, 2.05) is 38.1 Å². The number of hydrogen-bond donors (Lipinski definition) is 2. The number of carbonyl (C=O) groups is 2. The first kappa shape index (κ1) is 21.4. The van der Waals surface area contributed by atoms with Crippen LogP contribution in [0.15, 0.2) is 53.0 Å². The van der Waals surface area contributed by atoms with Crippen molar-refractivity contribution in [2.45, 2.75) is 13.8 Å². The molecular formula is C22H19BrFN3O3. The fourth-order valence-electron chi connectivity index (χ4n) is 3.16. The molecule has 8 heteroatoms. The van der Waals surface area contributed by atoms with Gasteiger partial charge in [0.05, 0.1) is 7.11 Å². The van der Waals surface area contributed by atoms with Gasteiger partial charge in [-0.05, 0) is 55.3 Å². The van der Waals surface area contributed by atoms with Crippen molar-refractivity contribution in [1.29, 1.82) is 0 Å². The van der Waals surface area contributed by atoms with E-state index in [1.54, 1.807) is 6.07 Å². The maximum Gasteiger partial charge on any atom is 0.327 e. The minimum atomic E-state index is -0.914. The van der Waals surface area contributed by atoms with E-state index in [2.05, 4.69) is 31.5 Å². The number of aromatic nitrogens is 1. The molecule has 0 aliphatic rings. The van der Waals surface area contributed by atoms with Gasteiger partial charge in [0.1, 0.15) is 22.9 Å². The van der Waals surface area contributed by atoms with Crippen LogP contribution < -0.4 is 15.4 Å². The zero-order valence-corrected chi connectivity index (χ0v) is 18.1. The predicted molar refractivity (Wildman–Crippen MR) is 116 cm³/mol.